The van der Waals surface area contributed by atoms with Gasteiger partial charge in [-0.2, -0.15) is 0 Å². The second-order valence-electron chi connectivity index (χ2n) is 1.35. The summed E-state index contributed by atoms with van der Waals surface area (Å²) in [6.45, 7) is 6.31. The first kappa shape index (κ1) is 7.68. The summed E-state index contributed by atoms with van der Waals surface area (Å²) in [6, 6.07) is 0. The Kier molecular flexibility index (Phi) is 3.12. The highest BCUT2D eigenvalue weighted by molar-refractivity contribution is 5.69. The zero-order valence-corrected chi connectivity index (χ0v) is 4.92. The summed E-state index contributed by atoms with van der Waals surface area (Å²) in [5.41, 5.74) is 0. The van der Waals surface area contributed by atoms with Crippen molar-refractivity contribution in [3.8, 4) is 0 Å². The molecule has 4 nitrogen and oxygen atoms in total. The first-order chi connectivity index (χ1) is 4.16. The van der Waals surface area contributed by atoms with Crippen LogP contribution in [0.3, 0.4) is 0 Å². The number of carboxylic acids is 1. The van der Waals surface area contributed by atoms with E-state index >= 15 is 0 Å². The lowest BCUT2D eigenvalue weighted by Gasteiger charge is -1.97. The molecule has 0 amide bonds. The van der Waals surface area contributed by atoms with Gasteiger partial charge in [-0.15, -0.1) is 0 Å². The molecular weight excluding hydrogens is 120 g/mol. The van der Waals surface area contributed by atoms with Gasteiger partial charge in [0.05, 0.1) is 0 Å². The third-order valence-electron chi connectivity index (χ3n) is 0.635. The van der Waals surface area contributed by atoms with Gasteiger partial charge in [-0.25, -0.2) is 4.99 Å². The zero-order chi connectivity index (χ0) is 7.28. The lowest BCUT2D eigenvalue weighted by molar-refractivity contribution is -0.135. The summed E-state index contributed by atoms with van der Waals surface area (Å²) in [6.07, 6.45) is 0. The molecule has 0 rings (SSSR count). The van der Waals surface area contributed by atoms with Gasteiger partial charge >= 0.3 is 5.97 Å². The SMILES string of the molecule is C=NC(=C)NCC(=O)O. The minimum absolute atomic E-state index is 0.169. The Morgan fingerprint density at radius 3 is 2.67 bits per heavy atom. The Bertz CT molecular complexity index is 142. The third kappa shape index (κ3) is 4.53. The number of hydrogen-bond acceptors (Lipinski definition) is 3. The number of aliphatic imine (C=N–C) groups is 1. The summed E-state index contributed by atoms with van der Waals surface area (Å²) < 4.78 is 0. The molecule has 0 bridgehead atoms. The van der Waals surface area contributed by atoms with Crippen LogP contribution in [0.1, 0.15) is 0 Å². The fraction of sp³-hybridized carbons (Fsp3) is 0.200. The van der Waals surface area contributed by atoms with Gasteiger partial charge in [-0.05, 0) is 6.72 Å². The molecule has 0 aromatic rings. The summed E-state index contributed by atoms with van der Waals surface area (Å²) in [4.78, 5) is 13.2. The molecule has 0 aromatic heterocycles. The van der Waals surface area contributed by atoms with E-state index in [1.54, 1.807) is 0 Å². The smallest absolute Gasteiger partial charge is 0.322 e. The van der Waals surface area contributed by atoms with Gasteiger partial charge in [0.2, 0.25) is 0 Å². The number of nitrogens with zero attached hydrogens (tertiary/aromatic N) is 1. The number of carbonyl (C=O) groups is 1. The van der Waals surface area contributed by atoms with E-state index in [9.17, 15) is 4.79 Å². The van der Waals surface area contributed by atoms with Crippen LogP contribution in [0.25, 0.3) is 0 Å². The van der Waals surface area contributed by atoms with Crippen LogP contribution in [0.5, 0.6) is 0 Å². The second-order valence-corrected chi connectivity index (χ2v) is 1.35. The van der Waals surface area contributed by atoms with E-state index in [1.165, 1.54) is 0 Å². The lowest BCUT2D eigenvalue weighted by Crippen LogP contribution is -2.20. The van der Waals surface area contributed by atoms with Gasteiger partial charge in [0, 0.05) is 0 Å². The van der Waals surface area contributed by atoms with Gasteiger partial charge < -0.3 is 10.4 Å². The van der Waals surface area contributed by atoms with Crippen molar-refractivity contribution in [3.05, 3.63) is 12.4 Å². The molecule has 0 aliphatic rings. The highest BCUT2D eigenvalue weighted by Gasteiger charge is 1.93. The molecule has 2 N–H and O–H groups in total. The molecule has 0 saturated heterocycles. The second kappa shape index (κ2) is 3.65. The fourth-order valence-electron chi connectivity index (χ4n) is 0.234. The summed E-state index contributed by atoms with van der Waals surface area (Å²) in [7, 11) is 0. The molecule has 0 heterocycles. The Morgan fingerprint density at radius 2 is 2.33 bits per heavy atom. The maximum absolute atomic E-state index is 9.85. The van der Waals surface area contributed by atoms with E-state index in [0.717, 1.165) is 0 Å². The molecular formula is C5H8N2O2. The predicted molar refractivity (Wildman–Crippen MR) is 34.3 cm³/mol. The van der Waals surface area contributed by atoms with Gasteiger partial charge in [-0.3, -0.25) is 4.79 Å². The average Bonchev–Trinajstić information content (AvgIpc) is 1.83. The van der Waals surface area contributed by atoms with Crippen molar-refractivity contribution >= 4 is 12.7 Å². The van der Waals surface area contributed by atoms with Crippen molar-refractivity contribution in [1.82, 2.24) is 5.32 Å². The highest BCUT2D eigenvalue weighted by atomic mass is 16.4. The van der Waals surface area contributed by atoms with Crippen LogP contribution >= 0.6 is 0 Å². The molecule has 0 radical (unpaired) electrons. The van der Waals surface area contributed by atoms with Gasteiger partial charge in [0.25, 0.3) is 0 Å². The third-order valence-corrected chi connectivity index (χ3v) is 0.635. The quantitative estimate of drug-likeness (QED) is 0.517. The molecule has 50 valence electrons. The van der Waals surface area contributed by atoms with E-state index in [4.69, 9.17) is 5.11 Å². The van der Waals surface area contributed by atoms with Crippen LogP contribution in [0.15, 0.2) is 17.4 Å². The van der Waals surface area contributed by atoms with Gasteiger partial charge in [-0.1, -0.05) is 6.58 Å². The zero-order valence-electron chi connectivity index (χ0n) is 4.92. The first-order valence-electron chi connectivity index (χ1n) is 2.28. The number of nitrogens with one attached hydrogen (secondary N) is 1. The van der Waals surface area contributed by atoms with Gasteiger partial charge in [0.1, 0.15) is 12.4 Å². The molecule has 0 saturated carbocycles. The van der Waals surface area contributed by atoms with Crippen molar-refractivity contribution in [3.63, 3.8) is 0 Å². The minimum atomic E-state index is -0.945. The van der Waals surface area contributed by atoms with Crippen LogP contribution in [0.2, 0.25) is 0 Å². The number of hydrogen-bond donors (Lipinski definition) is 2. The predicted octanol–water partition coefficient (Wildman–Crippen LogP) is -0.168. The van der Waals surface area contributed by atoms with Crippen molar-refractivity contribution in [1.29, 1.82) is 0 Å². The van der Waals surface area contributed by atoms with E-state index in [2.05, 4.69) is 23.6 Å². The highest BCUT2D eigenvalue weighted by Crippen LogP contribution is 1.79. The largest absolute Gasteiger partial charge is 0.480 e. The monoisotopic (exact) mass is 128 g/mol. The van der Waals surface area contributed by atoms with Crippen LogP contribution in [0, 0.1) is 0 Å². The molecule has 9 heavy (non-hydrogen) atoms. The van der Waals surface area contributed by atoms with Crippen molar-refractivity contribution in [2.24, 2.45) is 4.99 Å². The maximum atomic E-state index is 9.85. The Hall–Kier alpha value is -1.32. The van der Waals surface area contributed by atoms with E-state index in [-0.39, 0.29) is 12.4 Å². The first-order valence-corrected chi connectivity index (χ1v) is 2.28. The Morgan fingerprint density at radius 1 is 1.78 bits per heavy atom. The molecule has 0 aromatic carbocycles. The van der Waals surface area contributed by atoms with Crippen molar-refractivity contribution < 1.29 is 9.90 Å². The number of carboxylic acid groups (broad SMARTS) is 1. The number of rotatable bonds is 4. The molecule has 0 aliphatic carbocycles. The average molecular weight is 128 g/mol. The summed E-state index contributed by atoms with van der Waals surface area (Å²) >= 11 is 0. The summed E-state index contributed by atoms with van der Waals surface area (Å²) in [5, 5.41) is 10.5. The lowest BCUT2D eigenvalue weighted by atomic mass is 10.6. The van der Waals surface area contributed by atoms with Crippen molar-refractivity contribution in [2.75, 3.05) is 6.54 Å². The Labute approximate surface area is 52.9 Å². The normalized spacial score (nSPS) is 8.00. The van der Waals surface area contributed by atoms with Crippen LogP contribution in [-0.2, 0) is 4.79 Å². The van der Waals surface area contributed by atoms with Crippen molar-refractivity contribution in [2.45, 2.75) is 0 Å². The fourth-order valence-corrected chi connectivity index (χ4v) is 0.234. The standard InChI is InChI=1S/C5H8N2O2/c1-4(6-2)7-3-5(8)9/h7H,1-3H2,(H,8,9). The molecule has 0 aliphatic heterocycles. The Balaban J connectivity index is 3.39. The topological polar surface area (TPSA) is 61.7 Å². The van der Waals surface area contributed by atoms with Crippen LogP contribution < -0.4 is 5.32 Å². The molecule has 0 atom stereocenters. The van der Waals surface area contributed by atoms with E-state index < -0.39 is 5.97 Å². The van der Waals surface area contributed by atoms with E-state index in [1.807, 2.05) is 0 Å². The molecule has 4 heteroatoms. The van der Waals surface area contributed by atoms with Crippen LogP contribution in [-0.4, -0.2) is 24.3 Å². The molecule has 0 unspecified atom stereocenters. The van der Waals surface area contributed by atoms with Crippen LogP contribution in [0.4, 0.5) is 0 Å². The van der Waals surface area contributed by atoms with E-state index in [0.29, 0.717) is 0 Å². The molecule has 0 fully saturated rings. The summed E-state index contributed by atoms with van der Waals surface area (Å²) in [5.74, 6) is -0.669. The van der Waals surface area contributed by atoms with Gasteiger partial charge in [0.15, 0.2) is 0 Å². The minimum Gasteiger partial charge on any atom is -0.480 e. The maximum Gasteiger partial charge on any atom is 0.322 e. The molecule has 0 spiro atoms. The number of aliphatic carboxylic acids is 1.